The summed E-state index contributed by atoms with van der Waals surface area (Å²) in [6.07, 6.45) is 1.14. The zero-order chi connectivity index (χ0) is 12.2. The zero-order valence-corrected chi connectivity index (χ0v) is 11.5. The molecule has 1 N–H and O–H groups in total. The molecule has 1 aliphatic heterocycles. The normalized spacial score (nSPS) is 27.4. The number of ether oxygens (including phenoxy) is 1. The van der Waals surface area contributed by atoms with Gasteiger partial charge in [0.15, 0.2) is 0 Å². The molecule has 96 valence electrons. The van der Waals surface area contributed by atoms with Gasteiger partial charge < -0.3 is 15.0 Å². The first-order valence-corrected chi connectivity index (χ1v) is 6.36. The van der Waals surface area contributed by atoms with E-state index in [2.05, 4.69) is 45.1 Å². The lowest BCUT2D eigenvalue weighted by Gasteiger charge is -2.36. The molecule has 3 heteroatoms. The quantitative estimate of drug-likeness (QED) is 0.791. The summed E-state index contributed by atoms with van der Waals surface area (Å²) in [5, 5.41) is 3.42. The average molecular weight is 228 g/mol. The molecule has 1 heterocycles. The van der Waals surface area contributed by atoms with Crippen LogP contribution in [-0.4, -0.2) is 51.3 Å². The molecular formula is C13H28N2O. The molecule has 1 rings (SSSR count). The van der Waals surface area contributed by atoms with Crippen molar-refractivity contribution < 1.29 is 4.74 Å². The van der Waals surface area contributed by atoms with Crippen LogP contribution < -0.4 is 5.32 Å². The standard InChI is InChI=1S/C13H28N2O/c1-13(2,3)10-15(5)8-11-9-16-7-6-12(11)14-4/h11-12,14H,6-10H2,1-5H3. The second kappa shape index (κ2) is 5.99. The van der Waals surface area contributed by atoms with Crippen LogP contribution in [0, 0.1) is 11.3 Å². The molecule has 0 aromatic rings. The van der Waals surface area contributed by atoms with E-state index in [0.29, 0.717) is 17.4 Å². The fourth-order valence-electron chi connectivity index (χ4n) is 2.63. The van der Waals surface area contributed by atoms with Crippen LogP contribution in [0.2, 0.25) is 0 Å². The third-order valence-corrected chi connectivity index (χ3v) is 3.14. The first-order chi connectivity index (χ1) is 7.42. The molecule has 1 fully saturated rings. The van der Waals surface area contributed by atoms with Gasteiger partial charge in [-0.15, -0.1) is 0 Å². The SMILES string of the molecule is CNC1CCOCC1CN(C)CC(C)(C)C. The van der Waals surface area contributed by atoms with Crippen molar-refractivity contribution in [2.45, 2.75) is 33.2 Å². The maximum absolute atomic E-state index is 5.58. The highest BCUT2D eigenvalue weighted by Crippen LogP contribution is 2.19. The molecule has 0 bridgehead atoms. The molecule has 2 unspecified atom stereocenters. The molecule has 0 amide bonds. The minimum atomic E-state index is 0.374. The molecule has 0 saturated carbocycles. The van der Waals surface area contributed by atoms with E-state index in [0.717, 1.165) is 32.7 Å². The first-order valence-electron chi connectivity index (χ1n) is 6.36. The van der Waals surface area contributed by atoms with E-state index in [4.69, 9.17) is 4.74 Å². The zero-order valence-electron chi connectivity index (χ0n) is 11.5. The Morgan fingerprint density at radius 2 is 2.06 bits per heavy atom. The Labute approximate surface area is 101 Å². The predicted molar refractivity (Wildman–Crippen MR) is 68.7 cm³/mol. The Morgan fingerprint density at radius 3 is 2.62 bits per heavy atom. The molecule has 0 aliphatic carbocycles. The van der Waals surface area contributed by atoms with Crippen LogP contribution in [-0.2, 0) is 4.74 Å². The van der Waals surface area contributed by atoms with Gasteiger partial charge >= 0.3 is 0 Å². The molecule has 0 spiro atoms. The van der Waals surface area contributed by atoms with E-state index in [1.807, 2.05) is 0 Å². The Kier molecular flexibility index (Phi) is 5.22. The molecule has 3 nitrogen and oxygen atoms in total. The van der Waals surface area contributed by atoms with E-state index >= 15 is 0 Å². The Morgan fingerprint density at radius 1 is 1.38 bits per heavy atom. The fourth-order valence-corrected chi connectivity index (χ4v) is 2.63. The third kappa shape index (κ3) is 4.81. The summed E-state index contributed by atoms with van der Waals surface area (Å²) in [5.74, 6) is 0.631. The summed E-state index contributed by atoms with van der Waals surface area (Å²) in [5.41, 5.74) is 0.374. The van der Waals surface area contributed by atoms with Gasteiger partial charge in [0.2, 0.25) is 0 Å². The van der Waals surface area contributed by atoms with Crippen LogP contribution >= 0.6 is 0 Å². The van der Waals surface area contributed by atoms with Crippen LogP contribution in [0.1, 0.15) is 27.2 Å². The summed E-state index contributed by atoms with van der Waals surface area (Å²) >= 11 is 0. The van der Waals surface area contributed by atoms with Crippen LogP contribution in [0.25, 0.3) is 0 Å². The van der Waals surface area contributed by atoms with E-state index < -0.39 is 0 Å². The molecule has 2 atom stereocenters. The van der Waals surface area contributed by atoms with Crippen molar-refractivity contribution in [2.24, 2.45) is 11.3 Å². The van der Waals surface area contributed by atoms with E-state index in [-0.39, 0.29) is 0 Å². The van der Waals surface area contributed by atoms with Crippen molar-refractivity contribution >= 4 is 0 Å². The van der Waals surface area contributed by atoms with Gasteiger partial charge in [-0.25, -0.2) is 0 Å². The van der Waals surface area contributed by atoms with Crippen molar-refractivity contribution in [3.8, 4) is 0 Å². The van der Waals surface area contributed by atoms with Gasteiger partial charge in [-0.1, -0.05) is 20.8 Å². The number of hydrogen-bond donors (Lipinski definition) is 1. The van der Waals surface area contributed by atoms with E-state index in [1.54, 1.807) is 0 Å². The monoisotopic (exact) mass is 228 g/mol. The highest BCUT2D eigenvalue weighted by molar-refractivity contribution is 4.81. The van der Waals surface area contributed by atoms with Crippen LogP contribution in [0.4, 0.5) is 0 Å². The van der Waals surface area contributed by atoms with Crippen molar-refractivity contribution in [3.63, 3.8) is 0 Å². The van der Waals surface area contributed by atoms with E-state index in [9.17, 15) is 0 Å². The highest BCUT2D eigenvalue weighted by atomic mass is 16.5. The molecule has 1 saturated heterocycles. The van der Waals surface area contributed by atoms with Gasteiger partial charge in [-0.2, -0.15) is 0 Å². The smallest absolute Gasteiger partial charge is 0.0521 e. The summed E-state index contributed by atoms with van der Waals surface area (Å²) in [4.78, 5) is 2.43. The Balaban J connectivity index is 2.39. The highest BCUT2D eigenvalue weighted by Gasteiger charge is 2.26. The van der Waals surface area contributed by atoms with Gasteiger partial charge in [-0.3, -0.25) is 0 Å². The summed E-state index contributed by atoms with van der Waals surface area (Å²) in [6, 6.07) is 0.621. The molecule has 1 aliphatic rings. The van der Waals surface area contributed by atoms with Crippen LogP contribution in [0.15, 0.2) is 0 Å². The minimum Gasteiger partial charge on any atom is -0.381 e. The van der Waals surface area contributed by atoms with Crippen molar-refractivity contribution in [1.29, 1.82) is 0 Å². The van der Waals surface area contributed by atoms with Gasteiger partial charge in [0, 0.05) is 31.7 Å². The van der Waals surface area contributed by atoms with Crippen molar-refractivity contribution in [2.75, 3.05) is 40.4 Å². The predicted octanol–water partition coefficient (Wildman–Crippen LogP) is 1.59. The molecule has 0 aromatic carbocycles. The minimum absolute atomic E-state index is 0.374. The Hall–Kier alpha value is -0.120. The maximum atomic E-state index is 5.58. The molecule has 16 heavy (non-hydrogen) atoms. The van der Waals surface area contributed by atoms with Crippen molar-refractivity contribution in [3.05, 3.63) is 0 Å². The first kappa shape index (κ1) is 13.9. The third-order valence-electron chi connectivity index (χ3n) is 3.14. The summed E-state index contributed by atoms with van der Waals surface area (Å²) in [6.45, 7) is 10.9. The number of nitrogens with zero attached hydrogens (tertiary/aromatic N) is 1. The van der Waals surface area contributed by atoms with Crippen LogP contribution in [0.5, 0.6) is 0 Å². The topological polar surface area (TPSA) is 24.5 Å². The number of nitrogens with one attached hydrogen (secondary N) is 1. The number of hydrogen-bond acceptors (Lipinski definition) is 3. The lowest BCUT2D eigenvalue weighted by molar-refractivity contribution is 0.0182. The fraction of sp³-hybridized carbons (Fsp3) is 1.00. The second-order valence-corrected chi connectivity index (χ2v) is 6.28. The van der Waals surface area contributed by atoms with Gasteiger partial charge in [0.05, 0.1) is 6.61 Å². The summed E-state index contributed by atoms with van der Waals surface area (Å²) in [7, 11) is 4.28. The average Bonchev–Trinajstić information content (AvgIpc) is 2.15. The Bertz CT molecular complexity index is 201. The lowest BCUT2D eigenvalue weighted by Crippen LogP contribution is -2.46. The summed E-state index contributed by atoms with van der Waals surface area (Å²) < 4.78 is 5.58. The maximum Gasteiger partial charge on any atom is 0.0521 e. The molecular weight excluding hydrogens is 200 g/mol. The lowest BCUT2D eigenvalue weighted by atomic mass is 9.93. The molecule has 0 radical (unpaired) electrons. The van der Waals surface area contributed by atoms with Gasteiger partial charge in [-0.05, 0) is 25.9 Å². The largest absolute Gasteiger partial charge is 0.381 e. The van der Waals surface area contributed by atoms with E-state index in [1.165, 1.54) is 0 Å². The van der Waals surface area contributed by atoms with Crippen LogP contribution in [0.3, 0.4) is 0 Å². The second-order valence-electron chi connectivity index (χ2n) is 6.28. The van der Waals surface area contributed by atoms with Gasteiger partial charge in [0.1, 0.15) is 0 Å². The van der Waals surface area contributed by atoms with Gasteiger partial charge in [0.25, 0.3) is 0 Å². The molecule has 0 aromatic heterocycles. The van der Waals surface area contributed by atoms with Crippen molar-refractivity contribution in [1.82, 2.24) is 10.2 Å². The number of rotatable bonds is 4.